The molecule has 0 spiro atoms. The predicted octanol–water partition coefficient (Wildman–Crippen LogP) is 3.74. The van der Waals surface area contributed by atoms with E-state index in [9.17, 15) is 20.4 Å². The molecule has 0 amide bonds. The van der Waals surface area contributed by atoms with Crippen LogP contribution < -0.4 is 0 Å². The molecule has 0 heterocycles. The molecule has 3 aromatic rings. The Kier molecular flexibility index (Phi) is 7.82. The van der Waals surface area contributed by atoms with E-state index >= 15 is 0 Å². The molecule has 0 aromatic heterocycles. The van der Waals surface area contributed by atoms with Crippen LogP contribution in [0.3, 0.4) is 0 Å². The van der Waals surface area contributed by atoms with Gasteiger partial charge in [0.25, 0.3) is 0 Å². The van der Waals surface area contributed by atoms with Crippen molar-refractivity contribution < 1.29 is 37.2 Å². The van der Waals surface area contributed by atoms with E-state index in [1.807, 2.05) is 24.3 Å². The Morgan fingerprint density at radius 3 is 1.52 bits per heavy atom. The number of phenolic OH excluding ortho intramolecular Hbond substituents is 4. The fourth-order valence-electron chi connectivity index (χ4n) is 2.62. The topological polar surface area (TPSA) is 106 Å². The quantitative estimate of drug-likeness (QED) is 0.350. The van der Waals surface area contributed by atoms with E-state index in [0.717, 1.165) is 11.1 Å². The second-order valence-electron chi connectivity index (χ2n) is 6.25. The number of aromatic hydroxyl groups is 4. The Labute approximate surface area is 178 Å². The van der Waals surface area contributed by atoms with E-state index in [0.29, 0.717) is 24.2 Å². The Hall–Kier alpha value is -3.29. The molecule has 6 nitrogen and oxygen atoms in total. The Bertz CT molecular complexity index is 956. The Balaban J connectivity index is 0.00000300. The first-order valence-electron chi connectivity index (χ1n) is 8.63. The van der Waals surface area contributed by atoms with Crippen LogP contribution in [-0.4, -0.2) is 32.9 Å². The number of phenols is 4. The summed E-state index contributed by atoms with van der Waals surface area (Å²) in [7, 11) is 0. The van der Waals surface area contributed by atoms with Gasteiger partial charge < -0.3 is 20.4 Å². The smallest absolute Gasteiger partial charge is 0.124 e. The van der Waals surface area contributed by atoms with Crippen LogP contribution in [0.4, 0.5) is 0 Å². The maximum atomic E-state index is 9.75. The average molecular weight is 435 g/mol. The third-order valence-electron chi connectivity index (χ3n) is 4.02. The van der Waals surface area contributed by atoms with Gasteiger partial charge in [-0.05, 0) is 47.5 Å². The van der Waals surface area contributed by atoms with Gasteiger partial charge in [0.2, 0.25) is 0 Å². The van der Waals surface area contributed by atoms with Gasteiger partial charge in [0.1, 0.15) is 23.0 Å². The SMILES string of the molecule is Oc1ccc(O)c(C=NCc2cccc(CN=Cc3cc(O)ccc3O)c2)c1.[Co]. The fraction of sp³-hybridized carbons (Fsp3) is 0.0909. The van der Waals surface area contributed by atoms with Gasteiger partial charge in [-0.3, -0.25) is 9.98 Å². The molecule has 7 heteroatoms. The number of benzene rings is 3. The third-order valence-corrected chi connectivity index (χ3v) is 4.02. The maximum absolute atomic E-state index is 9.75. The van der Waals surface area contributed by atoms with Gasteiger partial charge in [0, 0.05) is 40.3 Å². The molecule has 0 unspecified atom stereocenters. The summed E-state index contributed by atoms with van der Waals surface area (Å²) in [6.07, 6.45) is 3.04. The van der Waals surface area contributed by atoms with E-state index in [1.54, 1.807) is 0 Å². The molecule has 0 atom stereocenters. The first-order valence-corrected chi connectivity index (χ1v) is 8.63. The van der Waals surface area contributed by atoms with Crippen LogP contribution in [-0.2, 0) is 29.9 Å². The molecule has 0 saturated heterocycles. The molecule has 0 aliphatic heterocycles. The summed E-state index contributed by atoms with van der Waals surface area (Å²) in [5, 5.41) is 38.4. The van der Waals surface area contributed by atoms with Crippen LogP contribution in [0, 0.1) is 0 Å². The summed E-state index contributed by atoms with van der Waals surface area (Å²) in [4.78, 5) is 8.62. The van der Waals surface area contributed by atoms with E-state index in [-0.39, 0.29) is 39.8 Å². The van der Waals surface area contributed by atoms with Crippen molar-refractivity contribution in [2.24, 2.45) is 9.98 Å². The van der Waals surface area contributed by atoms with Crippen molar-refractivity contribution in [2.45, 2.75) is 13.1 Å². The van der Waals surface area contributed by atoms with Crippen molar-refractivity contribution in [3.63, 3.8) is 0 Å². The summed E-state index contributed by atoms with van der Waals surface area (Å²) in [6.45, 7) is 0.833. The van der Waals surface area contributed by atoms with Crippen LogP contribution in [0.2, 0.25) is 0 Å². The number of rotatable bonds is 6. The van der Waals surface area contributed by atoms with Crippen LogP contribution in [0.5, 0.6) is 23.0 Å². The molecular weight excluding hydrogens is 415 g/mol. The number of nitrogens with zero attached hydrogens (tertiary/aromatic N) is 2. The minimum absolute atomic E-state index is 0. The molecule has 29 heavy (non-hydrogen) atoms. The zero-order valence-electron chi connectivity index (χ0n) is 15.4. The van der Waals surface area contributed by atoms with Crippen molar-refractivity contribution in [3.8, 4) is 23.0 Å². The molecule has 0 saturated carbocycles. The maximum Gasteiger partial charge on any atom is 0.124 e. The second-order valence-corrected chi connectivity index (χ2v) is 6.25. The van der Waals surface area contributed by atoms with Gasteiger partial charge in [-0.15, -0.1) is 0 Å². The fourth-order valence-corrected chi connectivity index (χ4v) is 2.62. The zero-order valence-corrected chi connectivity index (χ0v) is 16.4. The molecule has 151 valence electrons. The van der Waals surface area contributed by atoms with Gasteiger partial charge >= 0.3 is 0 Å². The molecule has 0 aliphatic rings. The number of aliphatic imine (C=N–C) groups is 2. The van der Waals surface area contributed by atoms with Crippen LogP contribution in [0.1, 0.15) is 22.3 Å². The molecule has 3 rings (SSSR count). The largest absolute Gasteiger partial charge is 0.508 e. The first-order chi connectivity index (χ1) is 13.5. The van der Waals surface area contributed by atoms with Gasteiger partial charge in [0.05, 0.1) is 13.1 Å². The summed E-state index contributed by atoms with van der Waals surface area (Å²) in [5.74, 6) is 0.244. The minimum atomic E-state index is 0. The van der Waals surface area contributed by atoms with Crippen molar-refractivity contribution >= 4 is 12.4 Å². The zero-order chi connectivity index (χ0) is 19.9. The normalized spacial score (nSPS) is 11.0. The second kappa shape index (κ2) is 10.3. The summed E-state index contributed by atoms with van der Waals surface area (Å²) >= 11 is 0. The van der Waals surface area contributed by atoms with Gasteiger partial charge in [0.15, 0.2) is 0 Å². The molecule has 0 aliphatic carbocycles. The van der Waals surface area contributed by atoms with Gasteiger partial charge in [-0.25, -0.2) is 0 Å². The molecule has 0 fully saturated rings. The van der Waals surface area contributed by atoms with Gasteiger partial charge in [-0.2, -0.15) is 0 Å². The standard InChI is InChI=1S/C22H20N2O4.Co/c25-19-4-6-21(27)17(9-19)13-23-11-15-2-1-3-16(8-15)12-24-14-18-10-20(26)5-7-22(18)28;/h1-10,13-14,25-28H,11-12H2;. The van der Waals surface area contributed by atoms with Crippen molar-refractivity contribution in [2.75, 3.05) is 0 Å². The molecule has 4 N–H and O–H groups in total. The van der Waals surface area contributed by atoms with E-state index in [4.69, 9.17) is 0 Å². The van der Waals surface area contributed by atoms with E-state index < -0.39 is 0 Å². The minimum Gasteiger partial charge on any atom is -0.508 e. The Morgan fingerprint density at radius 1 is 0.621 bits per heavy atom. The first kappa shape index (κ1) is 22.0. The van der Waals surface area contributed by atoms with Crippen molar-refractivity contribution in [1.29, 1.82) is 0 Å². The van der Waals surface area contributed by atoms with Crippen LogP contribution in [0.15, 0.2) is 70.6 Å². The summed E-state index contributed by atoms with van der Waals surface area (Å²) < 4.78 is 0. The van der Waals surface area contributed by atoms with E-state index in [1.165, 1.54) is 48.8 Å². The number of hydrogen-bond donors (Lipinski definition) is 4. The molecule has 0 bridgehead atoms. The monoisotopic (exact) mass is 435 g/mol. The van der Waals surface area contributed by atoms with Crippen LogP contribution >= 0.6 is 0 Å². The summed E-state index contributed by atoms with van der Waals surface area (Å²) in [5.41, 5.74) is 2.85. The number of hydrogen-bond acceptors (Lipinski definition) is 6. The summed E-state index contributed by atoms with van der Waals surface area (Å²) in [6, 6.07) is 16.3. The van der Waals surface area contributed by atoms with Crippen molar-refractivity contribution in [1.82, 2.24) is 0 Å². The molecule has 3 aromatic carbocycles. The third kappa shape index (κ3) is 6.37. The predicted molar refractivity (Wildman–Crippen MR) is 109 cm³/mol. The van der Waals surface area contributed by atoms with Gasteiger partial charge in [-0.1, -0.05) is 24.3 Å². The van der Waals surface area contributed by atoms with Crippen LogP contribution in [0.25, 0.3) is 0 Å². The Morgan fingerprint density at radius 2 is 1.07 bits per heavy atom. The van der Waals surface area contributed by atoms with E-state index in [2.05, 4.69) is 9.98 Å². The molecular formula is C22H20CoN2O4. The molecule has 1 radical (unpaired) electrons. The average Bonchev–Trinajstić information content (AvgIpc) is 2.68. The van der Waals surface area contributed by atoms with Crippen molar-refractivity contribution in [3.05, 3.63) is 82.9 Å².